The number of nitrogens with zero attached hydrogens (tertiary/aromatic N) is 7. The van der Waals surface area contributed by atoms with Crippen LogP contribution in [0.25, 0.3) is 25.9 Å². The SMILES string of the molecule is c1ccc2sc(SCc3nnc4sc(-c5cnccn5)nn34)nc2c1. The van der Waals surface area contributed by atoms with Gasteiger partial charge in [0, 0.05) is 12.4 Å². The summed E-state index contributed by atoms with van der Waals surface area (Å²) in [5.74, 6) is 1.45. The van der Waals surface area contributed by atoms with Gasteiger partial charge in [-0.15, -0.1) is 21.5 Å². The van der Waals surface area contributed by atoms with Crippen LogP contribution in [0.2, 0.25) is 0 Å². The van der Waals surface area contributed by atoms with Gasteiger partial charge in [0.15, 0.2) is 15.2 Å². The molecule has 0 saturated carbocycles. The topological polar surface area (TPSA) is 81.8 Å². The highest BCUT2D eigenvalue weighted by molar-refractivity contribution is 8.00. The number of thioether (sulfide) groups is 1. The van der Waals surface area contributed by atoms with Crippen molar-refractivity contribution >= 4 is 49.6 Å². The van der Waals surface area contributed by atoms with Crippen LogP contribution < -0.4 is 0 Å². The van der Waals surface area contributed by atoms with E-state index in [1.165, 1.54) is 16.0 Å². The minimum Gasteiger partial charge on any atom is -0.261 e. The third-order valence-corrected chi connectivity index (χ3v) is 6.53. The Morgan fingerprint density at radius 1 is 1.08 bits per heavy atom. The van der Waals surface area contributed by atoms with E-state index in [-0.39, 0.29) is 0 Å². The van der Waals surface area contributed by atoms with E-state index >= 15 is 0 Å². The van der Waals surface area contributed by atoms with E-state index in [0.717, 1.165) is 31.3 Å². The van der Waals surface area contributed by atoms with Gasteiger partial charge in [0.05, 0.1) is 22.2 Å². The Labute approximate surface area is 153 Å². The lowest BCUT2D eigenvalue weighted by Gasteiger charge is -1.94. The van der Waals surface area contributed by atoms with Crippen molar-refractivity contribution in [3.8, 4) is 10.7 Å². The largest absolute Gasteiger partial charge is 0.261 e. The standard InChI is InChI=1S/C15H9N7S3/c1-2-4-11-9(3-1)18-15(24-11)23-8-12-19-20-14-22(12)21-13(25-14)10-7-16-5-6-17-10/h1-7H,8H2. The van der Waals surface area contributed by atoms with Crippen molar-refractivity contribution in [3.05, 3.63) is 48.7 Å². The number of thiazole rings is 1. The molecule has 0 aliphatic rings. The number of aromatic nitrogens is 7. The highest BCUT2D eigenvalue weighted by atomic mass is 32.2. The highest BCUT2D eigenvalue weighted by Gasteiger charge is 2.14. The summed E-state index contributed by atoms with van der Waals surface area (Å²) in [6.45, 7) is 0. The van der Waals surface area contributed by atoms with Crippen molar-refractivity contribution < 1.29 is 0 Å². The molecule has 0 fully saturated rings. The van der Waals surface area contributed by atoms with Gasteiger partial charge >= 0.3 is 0 Å². The van der Waals surface area contributed by atoms with Gasteiger partial charge in [0.25, 0.3) is 0 Å². The first-order valence-electron chi connectivity index (χ1n) is 7.33. The molecule has 7 nitrogen and oxygen atoms in total. The molecule has 0 amide bonds. The molecule has 0 aliphatic carbocycles. The van der Waals surface area contributed by atoms with Gasteiger partial charge in [0.1, 0.15) is 5.69 Å². The lowest BCUT2D eigenvalue weighted by atomic mass is 10.3. The average molecular weight is 383 g/mol. The third-order valence-electron chi connectivity index (χ3n) is 3.44. The number of rotatable bonds is 4. The van der Waals surface area contributed by atoms with Crippen LogP contribution in [0.3, 0.4) is 0 Å². The summed E-state index contributed by atoms with van der Waals surface area (Å²) in [5, 5.41) is 13.8. The van der Waals surface area contributed by atoms with Crippen LogP contribution in [-0.4, -0.2) is 34.8 Å². The van der Waals surface area contributed by atoms with E-state index in [2.05, 4.69) is 36.3 Å². The second-order valence-corrected chi connectivity index (χ2v) is 8.25. The van der Waals surface area contributed by atoms with Crippen LogP contribution in [0.5, 0.6) is 0 Å². The predicted molar refractivity (Wildman–Crippen MR) is 98.9 cm³/mol. The van der Waals surface area contributed by atoms with Gasteiger partial charge in [-0.2, -0.15) is 9.61 Å². The van der Waals surface area contributed by atoms with Crippen molar-refractivity contribution in [2.45, 2.75) is 10.1 Å². The van der Waals surface area contributed by atoms with Crippen LogP contribution in [-0.2, 0) is 5.75 Å². The maximum Gasteiger partial charge on any atom is 0.235 e. The fourth-order valence-corrected chi connectivity index (χ4v) is 5.09. The molecule has 0 bridgehead atoms. The lowest BCUT2D eigenvalue weighted by Crippen LogP contribution is -1.94. The van der Waals surface area contributed by atoms with Crippen molar-refractivity contribution in [1.29, 1.82) is 0 Å². The summed E-state index contributed by atoms with van der Waals surface area (Å²) in [7, 11) is 0. The summed E-state index contributed by atoms with van der Waals surface area (Å²) in [5.41, 5.74) is 1.77. The van der Waals surface area contributed by atoms with Crippen LogP contribution in [0, 0.1) is 0 Å². The Morgan fingerprint density at radius 3 is 2.92 bits per heavy atom. The van der Waals surface area contributed by atoms with E-state index in [0.29, 0.717) is 5.75 Å². The molecule has 0 aliphatic heterocycles. The molecule has 25 heavy (non-hydrogen) atoms. The zero-order valence-electron chi connectivity index (χ0n) is 12.6. The third kappa shape index (κ3) is 2.77. The number of para-hydroxylation sites is 1. The van der Waals surface area contributed by atoms with Gasteiger partial charge < -0.3 is 0 Å². The Hall–Kier alpha value is -2.43. The van der Waals surface area contributed by atoms with E-state index in [4.69, 9.17) is 0 Å². The van der Waals surface area contributed by atoms with Crippen molar-refractivity contribution in [3.63, 3.8) is 0 Å². The monoisotopic (exact) mass is 383 g/mol. The Bertz CT molecular complexity index is 1130. The Balaban J connectivity index is 1.42. The predicted octanol–water partition coefficient (Wildman–Crippen LogP) is 3.54. The smallest absolute Gasteiger partial charge is 0.235 e. The van der Waals surface area contributed by atoms with E-state index in [1.54, 1.807) is 46.2 Å². The molecular formula is C15H9N7S3. The van der Waals surface area contributed by atoms with Crippen LogP contribution in [0.4, 0.5) is 0 Å². The molecule has 5 aromatic rings. The summed E-state index contributed by atoms with van der Waals surface area (Å²) >= 11 is 4.78. The lowest BCUT2D eigenvalue weighted by molar-refractivity contribution is 0.885. The van der Waals surface area contributed by atoms with Crippen LogP contribution in [0.15, 0.2) is 47.2 Å². The molecule has 0 N–H and O–H groups in total. The van der Waals surface area contributed by atoms with Crippen LogP contribution in [0.1, 0.15) is 5.82 Å². The Kier molecular flexibility index (Phi) is 3.65. The van der Waals surface area contributed by atoms with Crippen LogP contribution >= 0.6 is 34.4 Å². The molecule has 1 aromatic carbocycles. The molecule has 0 unspecified atom stereocenters. The summed E-state index contributed by atoms with van der Waals surface area (Å²) in [4.78, 5) is 13.7. The van der Waals surface area contributed by atoms with Crippen molar-refractivity contribution in [2.75, 3.05) is 0 Å². The maximum atomic E-state index is 4.63. The Morgan fingerprint density at radius 2 is 2.04 bits per heavy atom. The van der Waals surface area contributed by atoms with Crippen molar-refractivity contribution in [2.24, 2.45) is 0 Å². The van der Waals surface area contributed by atoms with Gasteiger partial charge in [-0.05, 0) is 12.1 Å². The average Bonchev–Trinajstić information content (AvgIpc) is 3.34. The first-order valence-corrected chi connectivity index (χ1v) is 9.94. The summed E-state index contributed by atoms with van der Waals surface area (Å²) < 4.78 is 3.98. The molecule has 0 radical (unpaired) electrons. The molecule has 122 valence electrons. The highest BCUT2D eigenvalue weighted by Crippen LogP contribution is 2.31. The second kappa shape index (κ2) is 6.14. The molecule has 0 spiro atoms. The summed E-state index contributed by atoms with van der Waals surface area (Å²) in [6, 6.07) is 8.14. The van der Waals surface area contributed by atoms with Gasteiger partial charge in [0.2, 0.25) is 4.96 Å². The molecule has 0 atom stereocenters. The first kappa shape index (κ1) is 14.9. The van der Waals surface area contributed by atoms with E-state index < -0.39 is 0 Å². The van der Waals surface area contributed by atoms with E-state index in [1.807, 2.05) is 18.2 Å². The van der Waals surface area contributed by atoms with Gasteiger partial charge in [-0.3, -0.25) is 9.97 Å². The minimum atomic E-state index is 0.657. The molecule has 4 aromatic heterocycles. The summed E-state index contributed by atoms with van der Waals surface area (Å²) in [6.07, 6.45) is 4.99. The molecular weight excluding hydrogens is 374 g/mol. The van der Waals surface area contributed by atoms with E-state index in [9.17, 15) is 0 Å². The zero-order valence-corrected chi connectivity index (χ0v) is 15.1. The molecule has 0 saturated heterocycles. The van der Waals surface area contributed by atoms with Crippen molar-refractivity contribution in [1.82, 2.24) is 34.8 Å². The zero-order chi connectivity index (χ0) is 16.6. The quantitative estimate of drug-likeness (QED) is 0.439. The van der Waals surface area contributed by atoms with Gasteiger partial charge in [-0.1, -0.05) is 35.2 Å². The maximum absolute atomic E-state index is 4.63. The number of fused-ring (bicyclic) bond motifs is 2. The molecule has 10 heteroatoms. The second-order valence-electron chi connectivity index (χ2n) is 5.04. The number of hydrogen-bond acceptors (Lipinski definition) is 9. The minimum absolute atomic E-state index is 0.657. The number of benzene rings is 1. The first-order chi connectivity index (χ1) is 12.4. The fraction of sp³-hybridized carbons (Fsp3) is 0.0667. The normalized spacial score (nSPS) is 11.5. The van der Waals surface area contributed by atoms with Gasteiger partial charge in [-0.25, -0.2) is 4.98 Å². The fourth-order valence-electron chi connectivity index (χ4n) is 2.30. The molecule has 4 heterocycles. The number of hydrogen-bond donors (Lipinski definition) is 0. The molecule has 5 rings (SSSR count).